The van der Waals surface area contributed by atoms with E-state index in [0.717, 1.165) is 19.0 Å². The van der Waals surface area contributed by atoms with E-state index in [0.29, 0.717) is 36.8 Å². The summed E-state index contributed by atoms with van der Waals surface area (Å²) in [5.74, 6) is 1.68. The van der Waals surface area contributed by atoms with Crippen LogP contribution in [0.15, 0.2) is 46.4 Å². The first kappa shape index (κ1) is 20.7. The Morgan fingerprint density at radius 1 is 1.30 bits per heavy atom. The lowest BCUT2D eigenvalue weighted by atomic mass is 9.97. The molecule has 0 bridgehead atoms. The Labute approximate surface area is 180 Å². The van der Waals surface area contributed by atoms with Crippen LogP contribution in [0.4, 0.5) is 0 Å². The topological polar surface area (TPSA) is 84.2 Å². The van der Waals surface area contributed by atoms with Crippen LogP contribution in [0.25, 0.3) is 11.5 Å². The van der Waals surface area contributed by atoms with Gasteiger partial charge >= 0.3 is 0 Å². The minimum absolute atomic E-state index is 0.000445. The van der Waals surface area contributed by atoms with Crippen molar-refractivity contribution in [2.45, 2.75) is 38.6 Å². The van der Waals surface area contributed by atoms with Gasteiger partial charge in [0.2, 0.25) is 17.6 Å². The average Bonchev–Trinajstić information content (AvgIpc) is 3.47. The van der Waals surface area contributed by atoms with E-state index in [1.54, 1.807) is 17.5 Å². The van der Waals surface area contributed by atoms with Crippen LogP contribution in [0.5, 0.6) is 0 Å². The highest BCUT2D eigenvalue weighted by atomic mass is 32.1. The van der Waals surface area contributed by atoms with Gasteiger partial charge in [-0.15, -0.1) is 11.3 Å². The molecule has 3 aromatic heterocycles. The van der Waals surface area contributed by atoms with Gasteiger partial charge in [-0.2, -0.15) is 4.98 Å². The Hall–Kier alpha value is -2.58. The van der Waals surface area contributed by atoms with E-state index in [9.17, 15) is 4.79 Å². The molecule has 3 aromatic rings. The Balaban J connectivity index is 1.29. The van der Waals surface area contributed by atoms with E-state index in [2.05, 4.69) is 49.8 Å². The predicted octanol–water partition coefficient (Wildman–Crippen LogP) is 3.72. The van der Waals surface area contributed by atoms with Crippen molar-refractivity contribution in [3.63, 3.8) is 0 Å². The third kappa shape index (κ3) is 5.31. The zero-order valence-corrected chi connectivity index (χ0v) is 18.0. The normalized spacial score (nSPS) is 16.4. The summed E-state index contributed by atoms with van der Waals surface area (Å²) in [6.45, 7) is 5.10. The van der Waals surface area contributed by atoms with Gasteiger partial charge in [0.05, 0.1) is 6.04 Å². The van der Waals surface area contributed by atoms with Gasteiger partial charge in [0.25, 0.3) is 0 Å². The second-order valence-corrected chi connectivity index (χ2v) is 8.76. The Kier molecular flexibility index (Phi) is 6.86. The fraction of sp³-hybridized carbons (Fsp3) is 0.455. The smallest absolute Gasteiger partial charge is 0.227 e. The summed E-state index contributed by atoms with van der Waals surface area (Å²) < 4.78 is 5.27. The number of aromatic nitrogens is 3. The molecule has 1 fully saturated rings. The van der Waals surface area contributed by atoms with Crippen molar-refractivity contribution in [3.05, 3.63) is 52.7 Å². The predicted molar refractivity (Wildman–Crippen MR) is 116 cm³/mol. The van der Waals surface area contributed by atoms with Gasteiger partial charge in [-0.25, -0.2) is 0 Å². The highest BCUT2D eigenvalue weighted by molar-refractivity contribution is 7.10. The molecular weight excluding hydrogens is 398 g/mol. The van der Waals surface area contributed by atoms with E-state index in [4.69, 9.17) is 4.52 Å². The first-order valence-corrected chi connectivity index (χ1v) is 11.3. The van der Waals surface area contributed by atoms with Crippen LogP contribution < -0.4 is 5.32 Å². The number of pyridine rings is 1. The van der Waals surface area contributed by atoms with Crippen LogP contribution in [0, 0.1) is 5.92 Å². The summed E-state index contributed by atoms with van der Waals surface area (Å²) in [7, 11) is 0. The molecule has 1 amide bonds. The third-order valence-electron chi connectivity index (χ3n) is 5.55. The highest BCUT2D eigenvalue weighted by Gasteiger charge is 2.25. The van der Waals surface area contributed by atoms with Crippen molar-refractivity contribution in [1.82, 2.24) is 25.3 Å². The monoisotopic (exact) mass is 425 g/mol. The quantitative estimate of drug-likeness (QED) is 0.592. The number of piperidine rings is 1. The summed E-state index contributed by atoms with van der Waals surface area (Å²) >= 11 is 1.76. The van der Waals surface area contributed by atoms with Gasteiger partial charge in [-0.1, -0.05) is 24.2 Å². The molecule has 4 heterocycles. The lowest BCUT2D eigenvalue weighted by Crippen LogP contribution is -2.41. The van der Waals surface area contributed by atoms with Crippen molar-refractivity contribution < 1.29 is 9.32 Å². The number of thiophene rings is 1. The fourth-order valence-electron chi connectivity index (χ4n) is 3.71. The van der Waals surface area contributed by atoms with Crippen molar-refractivity contribution in [3.8, 4) is 11.5 Å². The van der Waals surface area contributed by atoms with Crippen LogP contribution in [-0.4, -0.2) is 45.6 Å². The summed E-state index contributed by atoms with van der Waals surface area (Å²) in [6.07, 6.45) is 4.84. The molecule has 30 heavy (non-hydrogen) atoms. The Morgan fingerprint density at radius 2 is 2.17 bits per heavy atom. The van der Waals surface area contributed by atoms with Gasteiger partial charge in [-0.3, -0.25) is 14.7 Å². The van der Waals surface area contributed by atoms with Crippen molar-refractivity contribution in [2.24, 2.45) is 5.92 Å². The van der Waals surface area contributed by atoms with Crippen LogP contribution in [-0.2, 0) is 11.2 Å². The van der Waals surface area contributed by atoms with Crippen molar-refractivity contribution >= 4 is 17.2 Å². The number of likely N-dealkylation sites (tertiary alicyclic amines) is 1. The van der Waals surface area contributed by atoms with E-state index in [1.807, 2.05) is 18.2 Å². The van der Waals surface area contributed by atoms with E-state index >= 15 is 0 Å². The second-order valence-electron chi connectivity index (χ2n) is 7.78. The van der Waals surface area contributed by atoms with Crippen LogP contribution in [0.2, 0.25) is 0 Å². The summed E-state index contributed by atoms with van der Waals surface area (Å²) in [6, 6.07) is 10.0. The van der Waals surface area contributed by atoms with Gasteiger partial charge in [-0.05, 0) is 55.4 Å². The van der Waals surface area contributed by atoms with Gasteiger partial charge in [0, 0.05) is 30.5 Å². The summed E-state index contributed by atoms with van der Waals surface area (Å²) in [5, 5.41) is 9.17. The van der Waals surface area contributed by atoms with Gasteiger partial charge in [0.15, 0.2) is 0 Å². The van der Waals surface area contributed by atoms with Crippen molar-refractivity contribution in [1.29, 1.82) is 0 Å². The molecular formula is C22H27N5O2S. The standard InChI is InChI=1S/C22H27N5O2S/c1-16-9-12-27(13-10-16)18(19-6-4-14-30-19)15-24-20(28)7-8-21-25-22(26-29-21)17-5-2-3-11-23-17/h2-6,11,14,16,18H,7-10,12-13,15H2,1H3,(H,24,28)/t18-/m0/s1. The maximum atomic E-state index is 12.5. The zero-order chi connectivity index (χ0) is 20.8. The van der Waals surface area contributed by atoms with Crippen LogP contribution in [0.3, 0.4) is 0 Å². The number of nitrogens with zero attached hydrogens (tertiary/aromatic N) is 4. The first-order valence-electron chi connectivity index (χ1n) is 10.5. The largest absolute Gasteiger partial charge is 0.354 e. The highest BCUT2D eigenvalue weighted by Crippen LogP contribution is 2.29. The van der Waals surface area contributed by atoms with E-state index in [-0.39, 0.29) is 11.9 Å². The van der Waals surface area contributed by atoms with Crippen LogP contribution >= 0.6 is 11.3 Å². The molecule has 0 unspecified atom stereocenters. The maximum absolute atomic E-state index is 12.5. The summed E-state index contributed by atoms with van der Waals surface area (Å²) in [5.41, 5.74) is 0.659. The zero-order valence-electron chi connectivity index (χ0n) is 17.2. The van der Waals surface area contributed by atoms with Crippen LogP contribution in [0.1, 0.15) is 43.0 Å². The number of aryl methyl sites for hydroxylation is 1. The number of hydrogen-bond donors (Lipinski definition) is 1. The SMILES string of the molecule is CC1CCN([C@@H](CNC(=O)CCc2nc(-c3ccccn3)no2)c2cccs2)CC1. The van der Waals surface area contributed by atoms with Crippen molar-refractivity contribution in [2.75, 3.05) is 19.6 Å². The maximum Gasteiger partial charge on any atom is 0.227 e. The molecule has 1 N–H and O–H groups in total. The minimum atomic E-state index is -0.000445. The molecule has 0 saturated carbocycles. The molecule has 1 atom stereocenters. The Bertz CT molecular complexity index is 920. The molecule has 7 nitrogen and oxygen atoms in total. The lowest BCUT2D eigenvalue weighted by molar-refractivity contribution is -0.121. The fourth-order valence-corrected chi connectivity index (χ4v) is 4.57. The molecule has 1 aliphatic rings. The molecule has 0 aliphatic carbocycles. The number of carbonyl (C=O) groups is 1. The number of rotatable bonds is 8. The number of hydrogen-bond acceptors (Lipinski definition) is 7. The molecule has 4 rings (SSSR count). The first-order chi connectivity index (χ1) is 14.7. The third-order valence-corrected chi connectivity index (χ3v) is 6.52. The number of carbonyl (C=O) groups excluding carboxylic acids is 1. The molecule has 0 aromatic carbocycles. The molecule has 0 radical (unpaired) electrons. The van der Waals surface area contributed by atoms with Gasteiger partial charge in [0.1, 0.15) is 5.69 Å². The molecule has 1 saturated heterocycles. The molecule has 158 valence electrons. The number of amides is 1. The Morgan fingerprint density at radius 3 is 2.90 bits per heavy atom. The molecule has 1 aliphatic heterocycles. The molecule has 8 heteroatoms. The summed E-state index contributed by atoms with van der Waals surface area (Å²) in [4.78, 5) is 24.8. The number of nitrogens with one attached hydrogen (secondary N) is 1. The molecule has 0 spiro atoms. The van der Waals surface area contributed by atoms with E-state index < -0.39 is 0 Å². The van der Waals surface area contributed by atoms with E-state index in [1.165, 1.54) is 17.7 Å². The lowest BCUT2D eigenvalue weighted by Gasteiger charge is -2.36. The average molecular weight is 426 g/mol. The minimum Gasteiger partial charge on any atom is -0.354 e. The van der Waals surface area contributed by atoms with Gasteiger partial charge < -0.3 is 9.84 Å². The second kappa shape index (κ2) is 9.95.